The summed E-state index contributed by atoms with van der Waals surface area (Å²) in [6.45, 7) is 0.506. The van der Waals surface area contributed by atoms with Crippen LogP contribution in [0.5, 0.6) is 5.88 Å². The van der Waals surface area contributed by atoms with E-state index in [9.17, 15) is 27.5 Å². The van der Waals surface area contributed by atoms with Crippen molar-refractivity contribution in [2.45, 2.75) is 43.6 Å². The monoisotopic (exact) mass is 459 g/mol. The molecule has 32 heavy (non-hydrogen) atoms. The van der Waals surface area contributed by atoms with E-state index >= 15 is 0 Å². The number of rotatable bonds is 7. The summed E-state index contributed by atoms with van der Waals surface area (Å²) in [5, 5.41) is 13.3. The van der Waals surface area contributed by atoms with Crippen LogP contribution in [0.15, 0.2) is 30.1 Å². The number of aliphatic hydroxyl groups is 1. The van der Waals surface area contributed by atoms with Gasteiger partial charge in [0.1, 0.15) is 11.9 Å². The van der Waals surface area contributed by atoms with Gasteiger partial charge in [0.15, 0.2) is 5.69 Å². The number of anilines is 1. The number of nitrogens with two attached hydrogens (primary N) is 1. The second-order valence-electron chi connectivity index (χ2n) is 7.74. The lowest BCUT2D eigenvalue weighted by Crippen LogP contribution is -2.47. The van der Waals surface area contributed by atoms with Crippen molar-refractivity contribution in [3.63, 3.8) is 0 Å². The Balaban J connectivity index is 1.71. The van der Waals surface area contributed by atoms with Gasteiger partial charge in [-0.05, 0) is 25.3 Å². The molecule has 0 aromatic carbocycles. The first-order valence-electron chi connectivity index (χ1n) is 10.2. The molecule has 0 radical (unpaired) electrons. The number of allylic oxidation sites excluding steroid dienone is 4. The van der Waals surface area contributed by atoms with Gasteiger partial charge in [-0.1, -0.05) is 12.2 Å². The molecular formula is C20H25F4N5O3. The zero-order valence-corrected chi connectivity index (χ0v) is 17.2. The molecule has 12 heteroatoms. The number of nitrogens with zero attached hydrogens (tertiary/aromatic N) is 3. The van der Waals surface area contributed by atoms with Gasteiger partial charge < -0.3 is 25.8 Å². The molecule has 176 valence electrons. The highest BCUT2D eigenvalue weighted by molar-refractivity contribution is 5.77. The van der Waals surface area contributed by atoms with Crippen molar-refractivity contribution < 1.29 is 32.2 Å². The quantitative estimate of drug-likeness (QED) is 0.534. The summed E-state index contributed by atoms with van der Waals surface area (Å²) < 4.78 is 59.1. The zero-order valence-electron chi connectivity index (χ0n) is 17.2. The highest BCUT2D eigenvalue weighted by atomic mass is 19.4. The van der Waals surface area contributed by atoms with Crippen molar-refractivity contribution in [3.05, 3.63) is 35.7 Å². The number of carbonyl (C=O) groups excluding carboxylic acids is 1. The second kappa shape index (κ2) is 9.82. The fraction of sp³-hybridized carbons (Fsp3) is 0.550. The maximum atomic E-state index is 13.5. The van der Waals surface area contributed by atoms with Crippen molar-refractivity contribution in [1.29, 1.82) is 0 Å². The van der Waals surface area contributed by atoms with Crippen LogP contribution >= 0.6 is 0 Å². The lowest BCUT2D eigenvalue weighted by Gasteiger charge is -2.38. The van der Waals surface area contributed by atoms with E-state index in [1.54, 1.807) is 0 Å². The lowest BCUT2D eigenvalue weighted by molar-refractivity contribution is -0.141. The van der Waals surface area contributed by atoms with Gasteiger partial charge in [-0.3, -0.25) is 4.79 Å². The highest BCUT2D eigenvalue weighted by Gasteiger charge is 2.37. The molecule has 1 amide bonds. The average Bonchev–Trinajstić information content (AvgIpc) is 2.73. The minimum absolute atomic E-state index is 0.103. The first-order chi connectivity index (χ1) is 15.1. The summed E-state index contributed by atoms with van der Waals surface area (Å²) >= 11 is 0. The smallest absolute Gasteiger partial charge is 0.433 e. The predicted octanol–water partition coefficient (Wildman–Crippen LogP) is 1.85. The Bertz CT molecular complexity index is 882. The molecule has 1 aromatic rings. The number of ether oxygens (including phenoxy) is 1. The van der Waals surface area contributed by atoms with E-state index < -0.39 is 23.6 Å². The van der Waals surface area contributed by atoms with E-state index in [0.29, 0.717) is 6.07 Å². The van der Waals surface area contributed by atoms with Crippen molar-refractivity contribution in [3.8, 4) is 5.88 Å². The maximum Gasteiger partial charge on any atom is 0.433 e. The summed E-state index contributed by atoms with van der Waals surface area (Å²) in [7, 11) is 0. The molecule has 3 rings (SSSR count). The minimum atomic E-state index is -4.73. The zero-order chi connectivity index (χ0) is 23.4. The van der Waals surface area contributed by atoms with Gasteiger partial charge in [-0.15, -0.1) is 0 Å². The molecule has 0 spiro atoms. The largest absolute Gasteiger partial charge is 0.443 e. The molecule has 1 aliphatic carbocycles. The Kier molecular flexibility index (Phi) is 7.34. The van der Waals surface area contributed by atoms with Crippen LogP contribution in [0.1, 0.15) is 31.4 Å². The Morgan fingerprint density at radius 1 is 1.34 bits per heavy atom. The van der Waals surface area contributed by atoms with Crippen molar-refractivity contribution in [1.82, 2.24) is 15.3 Å². The SMILES string of the molecule is NCC(=O)NCCC1(O)CCN(c2nc(OC3=CC=CC(F)C3)cc(C(F)(F)F)n2)CC1. The highest BCUT2D eigenvalue weighted by Crippen LogP contribution is 2.33. The molecule has 1 fully saturated rings. The first kappa shape index (κ1) is 23.9. The van der Waals surface area contributed by atoms with Crippen LogP contribution in [-0.4, -0.2) is 58.9 Å². The molecule has 1 aromatic heterocycles. The van der Waals surface area contributed by atoms with Crippen molar-refractivity contribution in [2.75, 3.05) is 31.1 Å². The molecule has 1 unspecified atom stereocenters. The van der Waals surface area contributed by atoms with E-state index in [1.807, 2.05) is 0 Å². The number of nitrogens with one attached hydrogen (secondary N) is 1. The summed E-state index contributed by atoms with van der Waals surface area (Å²) in [6, 6.07) is 0.677. The summed E-state index contributed by atoms with van der Waals surface area (Å²) in [5.74, 6) is -0.692. The molecule has 0 saturated carbocycles. The third-order valence-electron chi connectivity index (χ3n) is 5.29. The molecule has 0 bridgehead atoms. The van der Waals surface area contributed by atoms with Crippen molar-refractivity contribution >= 4 is 11.9 Å². The molecule has 1 atom stereocenters. The Labute approximate surface area is 182 Å². The summed E-state index contributed by atoms with van der Waals surface area (Å²) in [4.78, 5) is 20.5. The topological polar surface area (TPSA) is 114 Å². The van der Waals surface area contributed by atoms with Gasteiger partial charge in [0.25, 0.3) is 0 Å². The molecule has 8 nitrogen and oxygen atoms in total. The average molecular weight is 459 g/mol. The number of hydrogen-bond donors (Lipinski definition) is 3. The molecular weight excluding hydrogens is 434 g/mol. The number of piperidine rings is 1. The van der Waals surface area contributed by atoms with E-state index in [4.69, 9.17) is 10.5 Å². The fourth-order valence-corrected chi connectivity index (χ4v) is 3.45. The van der Waals surface area contributed by atoms with E-state index in [1.165, 1.54) is 23.1 Å². The van der Waals surface area contributed by atoms with Gasteiger partial charge >= 0.3 is 6.18 Å². The number of alkyl halides is 4. The van der Waals surface area contributed by atoms with Crippen LogP contribution in [0, 0.1) is 0 Å². The van der Waals surface area contributed by atoms with Crippen LogP contribution in [0.2, 0.25) is 0 Å². The molecule has 4 N–H and O–H groups in total. The van der Waals surface area contributed by atoms with Crippen LogP contribution in [0.4, 0.5) is 23.5 Å². The first-order valence-corrected chi connectivity index (χ1v) is 10.2. The van der Waals surface area contributed by atoms with Gasteiger partial charge in [-0.25, -0.2) is 9.37 Å². The third-order valence-corrected chi connectivity index (χ3v) is 5.29. The lowest BCUT2D eigenvalue weighted by atomic mass is 9.88. The van der Waals surface area contributed by atoms with E-state index in [2.05, 4.69) is 15.3 Å². The molecule has 2 aliphatic rings. The fourth-order valence-electron chi connectivity index (χ4n) is 3.45. The van der Waals surface area contributed by atoms with Crippen molar-refractivity contribution in [2.24, 2.45) is 5.73 Å². The summed E-state index contributed by atoms with van der Waals surface area (Å²) in [6.07, 6.45) is -1.11. The van der Waals surface area contributed by atoms with Crippen LogP contribution in [0.3, 0.4) is 0 Å². The second-order valence-corrected chi connectivity index (χ2v) is 7.74. The van der Waals surface area contributed by atoms with E-state index in [0.717, 1.165) is 0 Å². The molecule has 2 heterocycles. The predicted molar refractivity (Wildman–Crippen MR) is 107 cm³/mol. The van der Waals surface area contributed by atoms with Gasteiger partial charge in [0.2, 0.25) is 17.7 Å². The standard InChI is InChI=1S/C20H25F4N5O3/c21-13-2-1-3-14(10-13)32-17-11-15(20(22,23)24)27-18(28-17)29-8-5-19(31,6-9-29)4-7-26-16(30)12-25/h1-3,11,13,31H,4-10,12,25H2,(H,26,30). The van der Waals surface area contributed by atoms with Crippen LogP contribution in [-0.2, 0) is 11.0 Å². The number of halogens is 4. The number of amides is 1. The molecule has 1 aliphatic heterocycles. The normalized spacial score (nSPS) is 20.6. The van der Waals surface area contributed by atoms with Crippen LogP contribution in [0.25, 0.3) is 0 Å². The maximum absolute atomic E-state index is 13.5. The van der Waals surface area contributed by atoms with Gasteiger partial charge in [-0.2, -0.15) is 18.2 Å². The number of carbonyl (C=O) groups is 1. The third kappa shape index (κ3) is 6.39. The number of hydrogen-bond acceptors (Lipinski definition) is 7. The molecule has 1 saturated heterocycles. The number of aromatic nitrogens is 2. The Hall–Kier alpha value is -2.73. The Morgan fingerprint density at radius 3 is 2.69 bits per heavy atom. The van der Waals surface area contributed by atoms with Crippen LogP contribution < -0.4 is 20.7 Å². The van der Waals surface area contributed by atoms with Gasteiger partial charge in [0, 0.05) is 32.1 Å². The van der Waals surface area contributed by atoms with Gasteiger partial charge in [0.05, 0.1) is 12.1 Å². The van der Waals surface area contributed by atoms with E-state index in [-0.39, 0.29) is 75.4 Å². The summed E-state index contributed by atoms with van der Waals surface area (Å²) in [5.41, 5.74) is 2.97. The minimum Gasteiger partial charge on any atom is -0.443 e. The Morgan fingerprint density at radius 2 is 2.06 bits per heavy atom.